The molecule has 0 aliphatic heterocycles. The lowest BCUT2D eigenvalue weighted by Gasteiger charge is -2.08. The van der Waals surface area contributed by atoms with Crippen LogP contribution < -0.4 is 5.56 Å². The van der Waals surface area contributed by atoms with Gasteiger partial charge in [-0.25, -0.2) is 18.7 Å². The molecule has 7 nitrogen and oxygen atoms in total. The van der Waals surface area contributed by atoms with Gasteiger partial charge in [0.15, 0.2) is 17.4 Å². The highest BCUT2D eigenvalue weighted by Gasteiger charge is 2.15. The van der Waals surface area contributed by atoms with Crippen LogP contribution in [0.3, 0.4) is 0 Å². The molecular weight excluding hydrogens is 524 g/mol. The molecule has 2 aromatic carbocycles. The third-order valence-corrected chi connectivity index (χ3v) is 6.96. The quantitative estimate of drug-likeness (QED) is 0.236. The summed E-state index contributed by atoms with van der Waals surface area (Å²) < 4.78 is 28.1. The van der Waals surface area contributed by atoms with E-state index in [0.717, 1.165) is 51.0 Å². The van der Waals surface area contributed by atoms with Gasteiger partial charge in [-0.2, -0.15) is 0 Å². The van der Waals surface area contributed by atoms with Crippen LogP contribution in [0.5, 0.6) is 0 Å². The number of halogens is 2. The highest BCUT2D eigenvalue weighted by Crippen LogP contribution is 2.31. The number of fused-ring (bicyclic) bond motifs is 1. The van der Waals surface area contributed by atoms with Gasteiger partial charge in [-0.15, -0.1) is 0 Å². The van der Waals surface area contributed by atoms with Crippen LogP contribution in [0.2, 0.25) is 0 Å². The maximum absolute atomic E-state index is 13.6. The van der Waals surface area contributed by atoms with Crippen LogP contribution in [-0.2, 0) is 13.0 Å². The number of carbonyl (C=O) groups excluding carboxylic acids is 1. The van der Waals surface area contributed by atoms with Gasteiger partial charge in [0.25, 0.3) is 5.56 Å². The Labute approximate surface area is 233 Å². The number of Topliss-reactive ketones (excluding diaryl/α,β-unsaturated/α-hetero) is 1. The molecule has 41 heavy (non-hydrogen) atoms. The number of nitrogens with one attached hydrogen (secondary N) is 1. The number of hydrogen-bond donors (Lipinski definition) is 1. The molecule has 0 aliphatic carbocycles. The Balaban J connectivity index is 1.20. The number of hydrogen-bond acceptors (Lipinski definition) is 5. The summed E-state index contributed by atoms with van der Waals surface area (Å²) in [6.45, 7) is -0.0332. The van der Waals surface area contributed by atoms with Gasteiger partial charge in [0.2, 0.25) is 0 Å². The van der Waals surface area contributed by atoms with E-state index in [-0.39, 0.29) is 24.3 Å². The molecule has 0 aliphatic rings. The average molecular weight is 548 g/mol. The van der Waals surface area contributed by atoms with Crippen LogP contribution in [0.4, 0.5) is 8.78 Å². The van der Waals surface area contributed by atoms with E-state index in [1.165, 1.54) is 23.2 Å². The number of aryl methyl sites for hydroxylation is 1. The van der Waals surface area contributed by atoms with Crippen molar-refractivity contribution < 1.29 is 13.6 Å². The van der Waals surface area contributed by atoms with Crippen molar-refractivity contribution in [3.63, 3.8) is 0 Å². The van der Waals surface area contributed by atoms with E-state index in [0.29, 0.717) is 12.0 Å². The Morgan fingerprint density at radius 3 is 2.54 bits per heavy atom. The van der Waals surface area contributed by atoms with Crippen LogP contribution in [0.1, 0.15) is 27.9 Å². The van der Waals surface area contributed by atoms with E-state index in [2.05, 4.69) is 26.0 Å². The number of aromatic nitrogens is 5. The van der Waals surface area contributed by atoms with Crippen molar-refractivity contribution >= 4 is 16.8 Å². The van der Waals surface area contributed by atoms with Crippen LogP contribution >= 0.6 is 0 Å². The van der Waals surface area contributed by atoms with Crippen LogP contribution in [-0.4, -0.2) is 30.3 Å². The summed E-state index contributed by atoms with van der Waals surface area (Å²) >= 11 is 0. The number of benzene rings is 2. The normalized spacial score (nSPS) is 11.2. The third-order valence-electron chi connectivity index (χ3n) is 6.96. The second kappa shape index (κ2) is 11.1. The smallest absolute Gasteiger partial charge is 0.264 e. The zero-order valence-corrected chi connectivity index (χ0v) is 21.7. The summed E-state index contributed by atoms with van der Waals surface area (Å²) in [6.07, 6.45) is 10.3. The summed E-state index contributed by atoms with van der Waals surface area (Å²) in [5, 5.41) is 0.976. The molecule has 6 aromatic rings. The zero-order valence-electron chi connectivity index (χ0n) is 21.7. The molecule has 0 unspecified atom stereocenters. The Kier molecular flexibility index (Phi) is 6.99. The van der Waals surface area contributed by atoms with Crippen LogP contribution in [0.25, 0.3) is 33.3 Å². The minimum atomic E-state index is -1.00. The first-order valence-corrected chi connectivity index (χ1v) is 12.9. The van der Waals surface area contributed by atoms with Gasteiger partial charge in [-0.05, 0) is 59.0 Å². The third kappa shape index (κ3) is 5.42. The van der Waals surface area contributed by atoms with Crippen molar-refractivity contribution in [2.45, 2.75) is 19.4 Å². The Hall–Kier alpha value is -5.31. The topological polar surface area (TPSA) is 93.5 Å². The molecule has 9 heteroatoms. The molecule has 0 amide bonds. The molecule has 0 saturated carbocycles. The Morgan fingerprint density at radius 1 is 0.854 bits per heavy atom. The van der Waals surface area contributed by atoms with Gasteiger partial charge in [-0.1, -0.05) is 30.3 Å². The van der Waals surface area contributed by atoms with E-state index in [9.17, 15) is 18.4 Å². The number of carbonyl (C=O) groups is 1. The van der Waals surface area contributed by atoms with Gasteiger partial charge in [0.1, 0.15) is 11.2 Å². The van der Waals surface area contributed by atoms with Gasteiger partial charge in [0.05, 0.1) is 12.9 Å². The van der Waals surface area contributed by atoms with E-state index in [4.69, 9.17) is 0 Å². The van der Waals surface area contributed by atoms with E-state index >= 15 is 0 Å². The molecule has 0 spiro atoms. The minimum Gasteiger partial charge on any atom is -0.346 e. The predicted molar refractivity (Wildman–Crippen MR) is 151 cm³/mol. The molecule has 4 aromatic heterocycles. The summed E-state index contributed by atoms with van der Waals surface area (Å²) in [4.78, 5) is 41.9. The van der Waals surface area contributed by atoms with Gasteiger partial charge in [-0.3, -0.25) is 19.1 Å². The lowest BCUT2D eigenvalue weighted by Crippen LogP contribution is -2.27. The number of ketones is 1. The monoisotopic (exact) mass is 547 g/mol. The molecule has 0 atom stereocenters. The minimum absolute atomic E-state index is 0.0332. The molecule has 6 rings (SSSR count). The largest absolute Gasteiger partial charge is 0.346 e. The van der Waals surface area contributed by atoms with Gasteiger partial charge in [0, 0.05) is 53.9 Å². The van der Waals surface area contributed by atoms with Crippen molar-refractivity contribution in [1.82, 2.24) is 24.5 Å². The molecule has 0 radical (unpaired) electrons. The van der Waals surface area contributed by atoms with Crippen molar-refractivity contribution in [3.05, 3.63) is 137 Å². The highest BCUT2D eigenvalue weighted by molar-refractivity contribution is 5.96. The summed E-state index contributed by atoms with van der Waals surface area (Å²) in [7, 11) is 0. The Bertz CT molecular complexity index is 1950. The SMILES string of the molecule is O=C(CCc1cccc(-c2c[nH]c3ncc(-c4ccncc4)cc23)c1)c1cncn(Cc2ccc(F)c(F)c2)c1=O. The van der Waals surface area contributed by atoms with E-state index in [1.807, 2.05) is 48.8 Å². The molecule has 202 valence electrons. The molecule has 4 heterocycles. The molecule has 1 N–H and O–H groups in total. The number of aromatic amines is 1. The second-order valence-electron chi connectivity index (χ2n) is 9.67. The highest BCUT2D eigenvalue weighted by atomic mass is 19.2. The van der Waals surface area contributed by atoms with E-state index in [1.54, 1.807) is 12.4 Å². The number of H-pyrrole nitrogens is 1. The lowest BCUT2D eigenvalue weighted by atomic mass is 9.98. The van der Waals surface area contributed by atoms with Crippen molar-refractivity contribution in [2.75, 3.05) is 0 Å². The fraction of sp³-hybridized carbons (Fsp3) is 0.0938. The first-order chi connectivity index (χ1) is 20.0. The summed E-state index contributed by atoms with van der Waals surface area (Å²) in [5.41, 5.74) is 5.49. The molecule has 0 bridgehead atoms. The van der Waals surface area contributed by atoms with Crippen molar-refractivity contribution in [2.24, 2.45) is 0 Å². The maximum Gasteiger partial charge on any atom is 0.264 e. The predicted octanol–water partition coefficient (Wildman–Crippen LogP) is 5.99. The standard InChI is InChI=1S/C32H23F2N5O2/c33-28-6-4-21(13-29(28)34)18-39-19-36-16-27(32(39)41)30(40)7-5-20-2-1-3-23(12-20)26-17-38-31-25(26)14-24(15-37-31)22-8-10-35-11-9-22/h1-4,6,8-17,19H,5,7,18H2,(H,37,38). The fourth-order valence-corrected chi connectivity index (χ4v) is 4.82. The van der Waals surface area contributed by atoms with Crippen molar-refractivity contribution in [3.8, 4) is 22.3 Å². The average Bonchev–Trinajstić information content (AvgIpc) is 3.43. The number of nitrogens with zero attached hydrogens (tertiary/aromatic N) is 4. The number of rotatable bonds is 8. The second-order valence-corrected chi connectivity index (χ2v) is 9.67. The van der Waals surface area contributed by atoms with E-state index < -0.39 is 17.2 Å². The molecule has 0 fully saturated rings. The zero-order chi connectivity index (χ0) is 28.3. The molecule has 0 saturated heterocycles. The van der Waals surface area contributed by atoms with Crippen LogP contribution in [0.15, 0.2) is 103 Å². The first kappa shape index (κ1) is 25.9. The summed E-state index contributed by atoms with van der Waals surface area (Å²) in [5.74, 6) is -2.31. The molecular formula is C32H23F2N5O2. The Morgan fingerprint density at radius 2 is 1.71 bits per heavy atom. The number of pyridine rings is 2. The fourth-order valence-electron chi connectivity index (χ4n) is 4.82. The van der Waals surface area contributed by atoms with Gasteiger partial charge >= 0.3 is 0 Å². The maximum atomic E-state index is 13.6. The van der Waals surface area contributed by atoms with Crippen LogP contribution in [0, 0.1) is 11.6 Å². The van der Waals surface area contributed by atoms with Crippen molar-refractivity contribution in [1.29, 1.82) is 0 Å². The lowest BCUT2D eigenvalue weighted by molar-refractivity contribution is 0.0980. The van der Waals surface area contributed by atoms with Gasteiger partial charge < -0.3 is 4.98 Å². The summed E-state index contributed by atoms with van der Waals surface area (Å²) in [6, 6.07) is 17.3. The first-order valence-electron chi connectivity index (χ1n) is 12.9.